The minimum Gasteiger partial charge on any atom is -0.325 e. The molecule has 0 spiro atoms. The molecule has 0 aromatic carbocycles. The molecule has 0 heterocycles. The molecule has 0 aromatic heterocycles. The van der Waals surface area contributed by atoms with Gasteiger partial charge < -0.3 is 4.23 Å². The first-order valence-electron chi connectivity index (χ1n) is 2.77. The van der Waals surface area contributed by atoms with Crippen LogP contribution in [0.15, 0.2) is 0 Å². The summed E-state index contributed by atoms with van der Waals surface area (Å²) in [4.78, 5) is 0. The number of hydrogen-bond acceptors (Lipinski definition) is 1. The number of halogens is 2. The molecule has 0 rings (SSSR count). The Morgan fingerprint density at radius 1 is 1.33 bits per heavy atom. The summed E-state index contributed by atoms with van der Waals surface area (Å²) in [5.41, 5.74) is 0. The highest BCUT2D eigenvalue weighted by Gasteiger charge is 2.29. The van der Waals surface area contributed by atoms with E-state index >= 15 is 0 Å². The van der Waals surface area contributed by atoms with Crippen LogP contribution in [0.4, 0.5) is 0 Å². The van der Waals surface area contributed by atoms with Gasteiger partial charge in [-0.05, 0) is 13.6 Å². The molecule has 0 fully saturated rings. The molecule has 9 heavy (non-hydrogen) atoms. The fraction of sp³-hybridized carbons (Fsp3) is 1.00. The van der Waals surface area contributed by atoms with Crippen LogP contribution in [-0.4, -0.2) is 27.1 Å². The summed E-state index contributed by atoms with van der Waals surface area (Å²) in [6.07, 6.45) is 0. The fourth-order valence-corrected chi connectivity index (χ4v) is 6.58. The van der Waals surface area contributed by atoms with E-state index in [-0.39, 0.29) is 0 Å². The standard InChI is InChI=1S/C4H12Cl2NSi2/c1-7(8(2)3)9(4,5)6/h1-4H3. The van der Waals surface area contributed by atoms with Crippen LogP contribution in [0.1, 0.15) is 0 Å². The molecule has 0 bridgehead atoms. The van der Waals surface area contributed by atoms with E-state index in [0.717, 1.165) is 0 Å². The molecule has 0 unspecified atom stereocenters. The first-order valence-corrected chi connectivity index (χ1v) is 9.69. The third-order valence-corrected chi connectivity index (χ3v) is 8.83. The lowest BCUT2D eigenvalue weighted by molar-refractivity contribution is 0.816. The molecule has 0 saturated heterocycles. The van der Waals surface area contributed by atoms with Crippen molar-refractivity contribution in [3.8, 4) is 0 Å². The van der Waals surface area contributed by atoms with Gasteiger partial charge >= 0.3 is 6.86 Å². The molecule has 0 aliphatic heterocycles. The average molecular weight is 201 g/mol. The van der Waals surface area contributed by atoms with Crippen LogP contribution in [0, 0.1) is 0 Å². The first-order chi connectivity index (χ1) is 3.85. The Labute approximate surface area is 69.1 Å². The van der Waals surface area contributed by atoms with E-state index in [0.29, 0.717) is 0 Å². The molecule has 5 heteroatoms. The highest BCUT2D eigenvalue weighted by atomic mass is 35.7. The second-order valence-electron chi connectivity index (χ2n) is 2.35. The van der Waals surface area contributed by atoms with Crippen LogP contribution in [-0.2, 0) is 0 Å². The Balaban J connectivity index is 3.88. The van der Waals surface area contributed by atoms with E-state index in [1.165, 1.54) is 0 Å². The van der Waals surface area contributed by atoms with Crippen molar-refractivity contribution in [2.24, 2.45) is 0 Å². The normalized spacial score (nSPS) is 13.3. The van der Waals surface area contributed by atoms with Crippen molar-refractivity contribution < 1.29 is 0 Å². The molecule has 0 aliphatic rings. The van der Waals surface area contributed by atoms with Gasteiger partial charge in [0.1, 0.15) is 8.96 Å². The minimum atomic E-state index is -2.00. The molecular weight excluding hydrogens is 189 g/mol. The molecule has 0 N–H and O–H groups in total. The number of hydrogen-bond donors (Lipinski definition) is 0. The lowest BCUT2D eigenvalue weighted by atomic mass is 11.6. The molecule has 1 nitrogen and oxygen atoms in total. The Morgan fingerprint density at radius 3 is 1.67 bits per heavy atom. The zero-order valence-corrected chi connectivity index (χ0v) is 9.72. The van der Waals surface area contributed by atoms with Crippen LogP contribution in [0.25, 0.3) is 0 Å². The van der Waals surface area contributed by atoms with Crippen LogP contribution >= 0.6 is 22.2 Å². The average Bonchev–Trinajstić information content (AvgIpc) is 1.62. The van der Waals surface area contributed by atoms with Gasteiger partial charge in [-0.2, -0.15) is 0 Å². The summed E-state index contributed by atoms with van der Waals surface area (Å²) in [6, 6.07) is 0. The number of rotatable bonds is 2. The van der Waals surface area contributed by atoms with Crippen molar-refractivity contribution in [3.05, 3.63) is 0 Å². The third-order valence-electron chi connectivity index (χ3n) is 1.26. The second-order valence-corrected chi connectivity index (χ2v) is 12.7. The molecule has 0 aromatic rings. The Kier molecular flexibility index (Phi) is 3.76. The van der Waals surface area contributed by atoms with Gasteiger partial charge in [0.2, 0.25) is 0 Å². The van der Waals surface area contributed by atoms with Gasteiger partial charge in [-0.15, -0.1) is 22.2 Å². The fourth-order valence-electron chi connectivity index (χ4n) is 0.393. The van der Waals surface area contributed by atoms with E-state index < -0.39 is 15.8 Å². The molecule has 55 valence electrons. The first kappa shape index (κ1) is 9.97. The Hall–Kier alpha value is 0.974. The van der Waals surface area contributed by atoms with Gasteiger partial charge in [-0.3, -0.25) is 0 Å². The SMILES string of the molecule is CN([Si](C)C)[Si](C)(Cl)Cl. The van der Waals surface area contributed by atoms with Crippen molar-refractivity contribution in [2.75, 3.05) is 7.05 Å². The highest BCUT2D eigenvalue weighted by molar-refractivity contribution is 7.44. The van der Waals surface area contributed by atoms with Crippen LogP contribution in [0.3, 0.4) is 0 Å². The summed E-state index contributed by atoms with van der Waals surface area (Å²) in [6.45, 7) is 4.29. The van der Waals surface area contributed by atoms with E-state index in [9.17, 15) is 0 Å². The maximum atomic E-state index is 5.93. The van der Waals surface area contributed by atoms with Crippen molar-refractivity contribution in [2.45, 2.75) is 19.6 Å². The molecule has 1 radical (unpaired) electrons. The summed E-state index contributed by atoms with van der Waals surface area (Å²) >= 11 is 11.9. The van der Waals surface area contributed by atoms with E-state index in [4.69, 9.17) is 22.2 Å². The van der Waals surface area contributed by atoms with Crippen molar-refractivity contribution in [3.63, 3.8) is 0 Å². The van der Waals surface area contributed by atoms with E-state index in [2.05, 4.69) is 17.3 Å². The van der Waals surface area contributed by atoms with Gasteiger partial charge in [-0.25, -0.2) is 0 Å². The van der Waals surface area contributed by atoms with Crippen molar-refractivity contribution in [1.29, 1.82) is 0 Å². The van der Waals surface area contributed by atoms with Gasteiger partial charge in [0, 0.05) is 0 Å². The quantitative estimate of drug-likeness (QED) is 0.489. The lowest BCUT2D eigenvalue weighted by Gasteiger charge is -2.27. The predicted molar refractivity (Wildman–Crippen MR) is 48.6 cm³/mol. The summed E-state index contributed by atoms with van der Waals surface area (Å²) in [5.74, 6) is 0. The lowest BCUT2D eigenvalue weighted by Crippen LogP contribution is -2.45. The monoisotopic (exact) mass is 200 g/mol. The highest BCUT2D eigenvalue weighted by Crippen LogP contribution is 2.18. The van der Waals surface area contributed by atoms with Crippen LogP contribution < -0.4 is 0 Å². The predicted octanol–water partition coefficient (Wildman–Crippen LogP) is 2.22. The zero-order chi connectivity index (χ0) is 7.65. The molecule has 0 aliphatic carbocycles. The Morgan fingerprint density at radius 2 is 1.67 bits per heavy atom. The summed E-state index contributed by atoms with van der Waals surface area (Å²) in [7, 11) is 1.56. The maximum absolute atomic E-state index is 5.93. The molecule has 0 amide bonds. The summed E-state index contributed by atoms with van der Waals surface area (Å²) < 4.78 is 2.13. The smallest absolute Gasteiger partial charge is 0.315 e. The van der Waals surface area contributed by atoms with Crippen LogP contribution in [0.2, 0.25) is 19.6 Å². The van der Waals surface area contributed by atoms with E-state index in [1.807, 2.05) is 13.6 Å². The summed E-state index contributed by atoms with van der Waals surface area (Å²) in [5, 5.41) is 0. The third kappa shape index (κ3) is 3.62. The molecule has 0 atom stereocenters. The minimum absolute atomic E-state index is 0.439. The van der Waals surface area contributed by atoms with Crippen molar-refractivity contribution >= 4 is 38.0 Å². The topological polar surface area (TPSA) is 3.24 Å². The van der Waals surface area contributed by atoms with Gasteiger partial charge in [-0.1, -0.05) is 13.1 Å². The molecule has 0 saturated carbocycles. The van der Waals surface area contributed by atoms with Gasteiger partial charge in [0.25, 0.3) is 0 Å². The van der Waals surface area contributed by atoms with E-state index in [1.54, 1.807) is 0 Å². The largest absolute Gasteiger partial charge is 0.325 e. The van der Waals surface area contributed by atoms with Crippen LogP contribution in [0.5, 0.6) is 0 Å². The Bertz CT molecular complexity index is 91.1. The maximum Gasteiger partial charge on any atom is 0.315 e. The van der Waals surface area contributed by atoms with Gasteiger partial charge in [0.15, 0.2) is 0 Å². The second kappa shape index (κ2) is 3.39. The van der Waals surface area contributed by atoms with Gasteiger partial charge in [0.05, 0.1) is 0 Å². The molecular formula is C4H12Cl2NSi2. The number of nitrogens with zero attached hydrogens (tertiary/aromatic N) is 1. The zero-order valence-electron chi connectivity index (χ0n) is 6.20. The van der Waals surface area contributed by atoms with Crippen molar-refractivity contribution in [1.82, 2.24) is 4.23 Å².